The molecule has 1 aliphatic heterocycles. The van der Waals surface area contributed by atoms with Gasteiger partial charge in [0.25, 0.3) is 5.91 Å². The topological polar surface area (TPSA) is 20.3 Å². The third-order valence-corrected chi connectivity index (χ3v) is 3.90. The molecule has 0 radical (unpaired) electrons. The van der Waals surface area contributed by atoms with Crippen LogP contribution in [0.25, 0.3) is 0 Å². The molecule has 1 amide bonds. The van der Waals surface area contributed by atoms with Crippen molar-refractivity contribution >= 4 is 28.5 Å². The standard InChI is InChI=1S/C13H15FINO/c1-9-4-6-16(7-5-9)13(17)11-3-2-10(15)8-12(11)14/h2-3,8-9H,4-7H2,1H3. The van der Waals surface area contributed by atoms with E-state index in [-0.39, 0.29) is 11.5 Å². The summed E-state index contributed by atoms with van der Waals surface area (Å²) in [5, 5.41) is 0. The van der Waals surface area contributed by atoms with Gasteiger partial charge >= 0.3 is 0 Å². The second kappa shape index (κ2) is 5.33. The van der Waals surface area contributed by atoms with Gasteiger partial charge in [-0.25, -0.2) is 4.39 Å². The van der Waals surface area contributed by atoms with Crippen LogP contribution in [0.1, 0.15) is 30.1 Å². The van der Waals surface area contributed by atoms with Crippen molar-refractivity contribution in [1.82, 2.24) is 4.90 Å². The van der Waals surface area contributed by atoms with Crippen molar-refractivity contribution in [3.63, 3.8) is 0 Å². The first-order chi connectivity index (χ1) is 8.08. The van der Waals surface area contributed by atoms with E-state index in [1.165, 1.54) is 6.07 Å². The molecule has 1 aliphatic rings. The molecule has 0 bridgehead atoms. The van der Waals surface area contributed by atoms with E-state index in [4.69, 9.17) is 0 Å². The highest BCUT2D eigenvalue weighted by atomic mass is 127. The van der Waals surface area contributed by atoms with Gasteiger partial charge in [0.2, 0.25) is 0 Å². The molecule has 0 aromatic heterocycles. The average Bonchev–Trinajstić information content (AvgIpc) is 2.29. The molecule has 4 heteroatoms. The molecule has 0 N–H and O–H groups in total. The summed E-state index contributed by atoms with van der Waals surface area (Å²) in [7, 11) is 0. The van der Waals surface area contributed by atoms with E-state index in [0.717, 1.165) is 29.5 Å². The van der Waals surface area contributed by atoms with Crippen LogP contribution >= 0.6 is 22.6 Å². The van der Waals surface area contributed by atoms with Crippen molar-refractivity contribution in [2.45, 2.75) is 19.8 Å². The van der Waals surface area contributed by atoms with E-state index < -0.39 is 5.82 Å². The minimum Gasteiger partial charge on any atom is -0.339 e. The summed E-state index contributed by atoms with van der Waals surface area (Å²) in [5.41, 5.74) is 0.194. The minimum atomic E-state index is -0.416. The van der Waals surface area contributed by atoms with Crippen molar-refractivity contribution in [3.8, 4) is 0 Å². The van der Waals surface area contributed by atoms with Crippen LogP contribution in [0.4, 0.5) is 4.39 Å². The second-order valence-corrected chi connectivity index (χ2v) is 5.84. The van der Waals surface area contributed by atoms with Crippen LogP contribution in [-0.4, -0.2) is 23.9 Å². The SMILES string of the molecule is CC1CCN(C(=O)c2ccc(I)cc2F)CC1. The largest absolute Gasteiger partial charge is 0.339 e. The number of nitrogens with zero attached hydrogens (tertiary/aromatic N) is 1. The summed E-state index contributed by atoms with van der Waals surface area (Å²) >= 11 is 2.04. The van der Waals surface area contributed by atoms with Crippen LogP contribution in [0.2, 0.25) is 0 Å². The van der Waals surface area contributed by atoms with Gasteiger partial charge in [-0.05, 0) is 59.5 Å². The Morgan fingerprint density at radius 1 is 1.41 bits per heavy atom. The summed E-state index contributed by atoms with van der Waals surface area (Å²) in [5.74, 6) is 0.0759. The third kappa shape index (κ3) is 2.97. The summed E-state index contributed by atoms with van der Waals surface area (Å²) in [6.45, 7) is 3.67. The second-order valence-electron chi connectivity index (χ2n) is 4.60. The first kappa shape index (κ1) is 12.8. The zero-order chi connectivity index (χ0) is 12.4. The van der Waals surface area contributed by atoms with E-state index in [9.17, 15) is 9.18 Å². The van der Waals surface area contributed by atoms with Gasteiger partial charge in [0.05, 0.1) is 5.56 Å². The van der Waals surface area contributed by atoms with Crippen LogP contribution in [0.5, 0.6) is 0 Å². The van der Waals surface area contributed by atoms with Gasteiger partial charge in [-0.15, -0.1) is 0 Å². The molecule has 0 saturated carbocycles. The molecule has 0 unspecified atom stereocenters. The maximum absolute atomic E-state index is 13.7. The van der Waals surface area contributed by atoms with Crippen LogP contribution < -0.4 is 0 Å². The Morgan fingerprint density at radius 3 is 2.65 bits per heavy atom. The Kier molecular flexibility index (Phi) is 4.01. The van der Waals surface area contributed by atoms with Gasteiger partial charge in [-0.2, -0.15) is 0 Å². The van der Waals surface area contributed by atoms with Crippen LogP contribution in [-0.2, 0) is 0 Å². The Hall–Kier alpha value is -0.650. The van der Waals surface area contributed by atoms with Crippen molar-refractivity contribution in [3.05, 3.63) is 33.1 Å². The molecule has 1 aromatic carbocycles. The molecule has 1 aromatic rings. The van der Waals surface area contributed by atoms with Crippen molar-refractivity contribution < 1.29 is 9.18 Å². The Bertz CT molecular complexity index is 427. The zero-order valence-electron chi connectivity index (χ0n) is 9.75. The first-order valence-corrected chi connectivity index (χ1v) is 6.90. The molecule has 0 aliphatic carbocycles. The highest BCUT2D eigenvalue weighted by Gasteiger charge is 2.23. The van der Waals surface area contributed by atoms with Gasteiger partial charge in [-0.3, -0.25) is 4.79 Å². The Balaban J connectivity index is 2.14. The lowest BCUT2D eigenvalue weighted by molar-refractivity contribution is 0.0692. The quantitative estimate of drug-likeness (QED) is 0.714. The summed E-state index contributed by atoms with van der Waals surface area (Å²) in [6.07, 6.45) is 2.02. The number of hydrogen-bond acceptors (Lipinski definition) is 1. The number of amides is 1. The first-order valence-electron chi connectivity index (χ1n) is 5.82. The lowest BCUT2D eigenvalue weighted by Crippen LogP contribution is -2.38. The molecule has 1 fully saturated rings. The van der Waals surface area contributed by atoms with Crippen LogP contribution in [0.15, 0.2) is 18.2 Å². The molecule has 2 rings (SSSR count). The molecular formula is C13H15FINO. The predicted molar refractivity (Wildman–Crippen MR) is 73.4 cm³/mol. The number of piperidine rings is 1. The monoisotopic (exact) mass is 347 g/mol. The van der Waals surface area contributed by atoms with E-state index in [1.54, 1.807) is 17.0 Å². The molecular weight excluding hydrogens is 332 g/mol. The fourth-order valence-electron chi connectivity index (χ4n) is 2.04. The fourth-order valence-corrected chi connectivity index (χ4v) is 2.50. The summed E-state index contributed by atoms with van der Waals surface area (Å²) < 4.78 is 14.5. The Labute approximate surface area is 114 Å². The Morgan fingerprint density at radius 2 is 2.06 bits per heavy atom. The van der Waals surface area contributed by atoms with Crippen molar-refractivity contribution in [2.75, 3.05) is 13.1 Å². The highest BCUT2D eigenvalue weighted by molar-refractivity contribution is 14.1. The van der Waals surface area contributed by atoms with E-state index in [2.05, 4.69) is 6.92 Å². The van der Waals surface area contributed by atoms with Gasteiger partial charge in [0, 0.05) is 16.7 Å². The minimum absolute atomic E-state index is 0.175. The zero-order valence-corrected chi connectivity index (χ0v) is 11.9. The maximum Gasteiger partial charge on any atom is 0.256 e. The molecule has 17 heavy (non-hydrogen) atoms. The lowest BCUT2D eigenvalue weighted by atomic mass is 9.98. The number of carbonyl (C=O) groups excluding carboxylic acids is 1. The average molecular weight is 347 g/mol. The van der Waals surface area contributed by atoms with E-state index in [0.29, 0.717) is 5.92 Å². The highest BCUT2D eigenvalue weighted by Crippen LogP contribution is 2.20. The van der Waals surface area contributed by atoms with E-state index >= 15 is 0 Å². The third-order valence-electron chi connectivity index (χ3n) is 3.23. The number of benzene rings is 1. The number of carbonyl (C=O) groups is 1. The molecule has 0 atom stereocenters. The lowest BCUT2D eigenvalue weighted by Gasteiger charge is -2.30. The number of hydrogen-bond donors (Lipinski definition) is 0. The van der Waals surface area contributed by atoms with Gasteiger partial charge in [0.1, 0.15) is 5.82 Å². The van der Waals surface area contributed by atoms with Crippen molar-refractivity contribution in [1.29, 1.82) is 0 Å². The normalized spacial score (nSPS) is 17.2. The predicted octanol–water partition coefficient (Wildman–Crippen LogP) is 3.30. The van der Waals surface area contributed by atoms with E-state index in [1.807, 2.05) is 22.6 Å². The number of likely N-dealkylation sites (tertiary alicyclic amines) is 1. The maximum atomic E-state index is 13.7. The van der Waals surface area contributed by atoms with Gasteiger partial charge in [-0.1, -0.05) is 6.92 Å². The molecule has 92 valence electrons. The molecule has 0 spiro atoms. The smallest absolute Gasteiger partial charge is 0.256 e. The number of halogens is 2. The number of rotatable bonds is 1. The fraction of sp³-hybridized carbons (Fsp3) is 0.462. The van der Waals surface area contributed by atoms with Gasteiger partial charge < -0.3 is 4.90 Å². The van der Waals surface area contributed by atoms with Crippen molar-refractivity contribution in [2.24, 2.45) is 5.92 Å². The molecule has 2 nitrogen and oxygen atoms in total. The molecule has 1 saturated heterocycles. The van der Waals surface area contributed by atoms with Crippen LogP contribution in [0, 0.1) is 15.3 Å². The van der Waals surface area contributed by atoms with Gasteiger partial charge in [0.15, 0.2) is 0 Å². The molecule has 1 heterocycles. The van der Waals surface area contributed by atoms with Crippen LogP contribution in [0.3, 0.4) is 0 Å². The summed E-state index contributed by atoms with van der Waals surface area (Å²) in [6, 6.07) is 4.75. The summed E-state index contributed by atoms with van der Waals surface area (Å²) in [4.78, 5) is 13.9.